The lowest BCUT2D eigenvalue weighted by molar-refractivity contribution is -0.138. The standard InChI is InChI=1S/C26H36N4O4/c1-16(2)13-20(27-25(33)18-7-9-19(10-8-18)28(3)4)26(34)29-12-11-21-24(29)22(31)15-30(21)23(32)14-17-5-6-17/h7-10,16-17,20-21,24H,5-6,11-15H2,1-4H3,(H,27,33)/t20-,21?,24?/m0/s1. The van der Waals surface area contributed by atoms with Crippen molar-refractivity contribution in [2.24, 2.45) is 11.8 Å². The number of ketones is 1. The molecule has 2 aliphatic heterocycles. The molecule has 1 N–H and O–H groups in total. The highest BCUT2D eigenvalue weighted by Crippen LogP contribution is 2.36. The maximum Gasteiger partial charge on any atom is 0.251 e. The van der Waals surface area contributed by atoms with E-state index >= 15 is 0 Å². The first-order chi connectivity index (χ1) is 16.2. The highest BCUT2D eigenvalue weighted by molar-refractivity contribution is 6.01. The molecule has 8 heteroatoms. The Morgan fingerprint density at radius 2 is 1.74 bits per heavy atom. The van der Waals surface area contributed by atoms with E-state index in [1.54, 1.807) is 21.9 Å². The number of nitrogens with one attached hydrogen (secondary N) is 1. The van der Waals surface area contributed by atoms with Crippen molar-refractivity contribution in [3.8, 4) is 0 Å². The minimum atomic E-state index is -0.719. The molecule has 4 rings (SSSR count). The predicted molar refractivity (Wildman–Crippen MR) is 129 cm³/mol. The third-order valence-corrected chi connectivity index (χ3v) is 7.14. The van der Waals surface area contributed by atoms with E-state index in [0.717, 1.165) is 18.5 Å². The second-order valence-electron chi connectivity index (χ2n) is 10.6. The van der Waals surface area contributed by atoms with Gasteiger partial charge in [0.15, 0.2) is 5.78 Å². The fraction of sp³-hybridized carbons (Fsp3) is 0.615. The summed E-state index contributed by atoms with van der Waals surface area (Å²) < 4.78 is 0. The van der Waals surface area contributed by atoms with Gasteiger partial charge >= 0.3 is 0 Å². The third-order valence-electron chi connectivity index (χ3n) is 7.14. The van der Waals surface area contributed by atoms with Crippen LogP contribution in [0.1, 0.15) is 56.3 Å². The Morgan fingerprint density at radius 3 is 2.32 bits per heavy atom. The second-order valence-corrected chi connectivity index (χ2v) is 10.6. The smallest absolute Gasteiger partial charge is 0.251 e. The molecule has 1 aromatic carbocycles. The van der Waals surface area contributed by atoms with Crippen molar-refractivity contribution in [1.29, 1.82) is 0 Å². The summed E-state index contributed by atoms with van der Waals surface area (Å²) >= 11 is 0. The van der Waals surface area contributed by atoms with E-state index < -0.39 is 12.1 Å². The lowest BCUT2D eigenvalue weighted by Gasteiger charge is -2.29. The maximum absolute atomic E-state index is 13.6. The van der Waals surface area contributed by atoms with Crippen LogP contribution >= 0.6 is 0 Å². The molecule has 1 saturated carbocycles. The molecule has 184 valence electrons. The van der Waals surface area contributed by atoms with E-state index in [0.29, 0.717) is 37.3 Å². The molecule has 34 heavy (non-hydrogen) atoms. The molecule has 2 saturated heterocycles. The lowest BCUT2D eigenvalue weighted by atomic mass is 10.0. The molecule has 8 nitrogen and oxygen atoms in total. The van der Waals surface area contributed by atoms with Gasteiger partial charge in [0.25, 0.3) is 5.91 Å². The fourth-order valence-electron chi connectivity index (χ4n) is 5.12. The number of fused-ring (bicyclic) bond motifs is 1. The van der Waals surface area contributed by atoms with Crippen LogP contribution in [0.3, 0.4) is 0 Å². The van der Waals surface area contributed by atoms with E-state index in [-0.39, 0.29) is 42.0 Å². The Labute approximate surface area is 201 Å². The zero-order valence-corrected chi connectivity index (χ0v) is 20.6. The van der Waals surface area contributed by atoms with Gasteiger partial charge in [0.2, 0.25) is 11.8 Å². The van der Waals surface area contributed by atoms with Crippen LogP contribution in [0.25, 0.3) is 0 Å². The van der Waals surface area contributed by atoms with Gasteiger partial charge in [-0.2, -0.15) is 0 Å². The van der Waals surface area contributed by atoms with Gasteiger partial charge in [-0.1, -0.05) is 13.8 Å². The van der Waals surface area contributed by atoms with Crippen LogP contribution < -0.4 is 10.2 Å². The predicted octanol–water partition coefficient (Wildman–Crippen LogP) is 2.08. The average Bonchev–Trinajstić information content (AvgIpc) is 3.39. The number of benzene rings is 1. The molecule has 0 spiro atoms. The van der Waals surface area contributed by atoms with Crippen molar-refractivity contribution in [1.82, 2.24) is 15.1 Å². The number of carbonyl (C=O) groups excluding carboxylic acids is 4. The number of Topliss-reactive ketones (excluding diaryl/α,β-unsaturated/α-hetero) is 1. The number of carbonyl (C=O) groups is 4. The Morgan fingerprint density at radius 1 is 1.06 bits per heavy atom. The number of rotatable bonds is 8. The fourth-order valence-corrected chi connectivity index (χ4v) is 5.12. The van der Waals surface area contributed by atoms with Crippen molar-refractivity contribution < 1.29 is 19.2 Å². The molecule has 2 heterocycles. The first-order valence-corrected chi connectivity index (χ1v) is 12.4. The van der Waals surface area contributed by atoms with Crippen molar-refractivity contribution >= 4 is 29.2 Å². The topological polar surface area (TPSA) is 90.0 Å². The number of likely N-dealkylation sites (tertiary alicyclic amines) is 2. The van der Waals surface area contributed by atoms with E-state index in [1.165, 1.54) is 0 Å². The molecule has 0 bridgehead atoms. The van der Waals surface area contributed by atoms with Crippen LogP contribution in [-0.4, -0.2) is 78.6 Å². The van der Waals surface area contributed by atoms with E-state index in [1.807, 2.05) is 45.0 Å². The number of amides is 3. The molecule has 2 unspecified atom stereocenters. The van der Waals surface area contributed by atoms with Gasteiger partial charge in [0, 0.05) is 38.3 Å². The SMILES string of the molecule is CC(C)C[C@H](NC(=O)c1ccc(N(C)C)cc1)C(=O)N1CCC2C1C(=O)CN2C(=O)CC1CC1. The van der Waals surface area contributed by atoms with Crippen LogP contribution in [0.4, 0.5) is 5.69 Å². The van der Waals surface area contributed by atoms with E-state index in [9.17, 15) is 19.2 Å². The normalized spacial score (nSPS) is 22.7. The number of hydrogen-bond acceptors (Lipinski definition) is 5. The summed E-state index contributed by atoms with van der Waals surface area (Å²) in [7, 11) is 3.86. The molecular formula is C26H36N4O4. The highest BCUT2D eigenvalue weighted by Gasteiger charge is 2.52. The molecule has 0 aromatic heterocycles. The number of nitrogens with zero attached hydrogens (tertiary/aromatic N) is 3. The van der Waals surface area contributed by atoms with Gasteiger partial charge in [-0.25, -0.2) is 0 Å². The third kappa shape index (κ3) is 5.10. The van der Waals surface area contributed by atoms with Crippen molar-refractivity contribution in [2.45, 2.75) is 64.1 Å². The molecule has 3 amide bonds. The summed E-state index contributed by atoms with van der Waals surface area (Å²) in [6.07, 6.45) is 3.75. The molecular weight excluding hydrogens is 432 g/mol. The van der Waals surface area contributed by atoms with Gasteiger partial charge in [0.1, 0.15) is 12.1 Å². The first-order valence-electron chi connectivity index (χ1n) is 12.4. The minimum absolute atomic E-state index is 0.0332. The quantitative estimate of drug-likeness (QED) is 0.631. The van der Waals surface area contributed by atoms with Crippen molar-refractivity contribution in [3.05, 3.63) is 29.8 Å². The molecule has 3 aliphatic rings. The Kier molecular flexibility index (Phi) is 6.96. The summed E-state index contributed by atoms with van der Waals surface area (Å²) in [4.78, 5) is 57.4. The molecule has 0 radical (unpaired) electrons. The van der Waals surface area contributed by atoms with E-state index in [2.05, 4.69) is 5.32 Å². The molecule has 1 aliphatic carbocycles. The Bertz CT molecular complexity index is 954. The summed E-state index contributed by atoms with van der Waals surface area (Å²) in [6.45, 7) is 4.52. The van der Waals surface area contributed by atoms with Gasteiger partial charge in [0.05, 0.1) is 12.6 Å². The average molecular weight is 469 g/mol. The largest absolute Gasteiger partial charge is 0.378 e. The monoisotopic (exact) mass is 468 g/mol. The van der Waals surface area contributed by atoms with Crippen LogP contribution in [0.2, 0.25) is 0 Å². The van der Waals surface area contributed by atoms with Gasteiger partial charge in [-0.05, 0) is 61.8 Å². The van der Waals surface area contributed by atoms with Gasteiger partial charge < -0.3 is 20.0 Å². The van der Waals surface area contributed by atoms with Gasteiger partial charge in [-0.15, -0.1) is 0 Å². The lowest BCUT2D eigenvalue weighted by Crippen LogP contribution is -2.53. The maximum atomic E-state index is 13.6. The first kappa shape index (κ1) is 24.2. The second kappa shape index (κ2) is 9.76. The van der Waals surface area contributed by atoms with Crippen molar-refractivity contribution in [2.75, 3.05) is 32.1 Å². The summed E-state index contributed by atoms with van der Waals surface area (Å²) in [6, 6.07) is 5.67. The summed E-state index contributed by atoms with van der Waals surface area (Å²) in [5, 5.41) is 2.92. The minimum Gasteiger partial charge on any atom is -0.378 e. The summed E-state index contributed by atoms with van der Waals surface area (Å²) in [5.74, 6) is 0.0565. The number of hydrogen-bond donors (Lipinski definition) is 1. The zero-order chi connectivity index (χ0) is 24.6. The molecule has 3 fully saturated rings. The Hall–Kier alpha value is -2.90. The molecule has 3 atom stereocenters. The summed E-state index contributed by atoms with van der Waals surface area (Å²) in [5.41, 5.74) is 1.47. The highest BCUT2D eigenvalue weighted by atomic mass is 16.2. The van der Waals surface area contributed by atoms with Crippen LogP contribution in [0, 0.1) is 11.8 Å². The van der Waals surface area contributed by atoms with Crippen LogP contribution in [0.5, 0.6) is 0 Å². The van der Waals surface area contributed by atoms with Crippen molar-refractivity contribution in [3.63, 3.8) is 0 Å². The molecule has 1 aromatic rings. The Balaban J connectivity index is 1.46. The van der Waals surface area contributed by atoms with Crippen LogP contribution in [0.15, 0.2) is 24.3 Å². The van der Waals surface area contributed by atoms with Gasteiger partial charge in [-0.3, -0.25) is 19.2 Å². The van der Waals surface area contributed by atoms with Crippen LogP contribution in [-0.2, 0) is 14.4 Å². The van der Waals surface area contributed by atoms with E-state index in [4.69, 9.17) is 0 Å². The number of anilines is 1. The zero-order valence-electron chi connectivity index (χ0n) is 20.6.